The Morgan fingerprint density at radius 2 is 1.96 bits per heavy atom. The van der Waals surface area contributed by atoms with E-state index in [2.05, 4.69) is 15.3 Å². The molecule has 7 heteroatoms. The van der Waals surface area contributed by atoms with Gasteiger partial charge in [-0.05, 0) is 30.2 Å². The summed E-state index contributed by atoms with van der Waals surface area (Å²) >= 11 is 7.38. The minimum Gasteiger partial charge on any atom is -0.349 e. The van der Waals surface area contributed by atoms with Crippen molar-refractivity contribution in [1.82, 2.24) is 15.3 Å². The average molecular weight is 414 g/mol. The number of thioether (sulfide) groups is 1. The second-order valence-electron chi connectivity index (χ2n) is 6.34. The van der Waals surface area contributed by atoms with Crippen molar-refractivity contribution < 1.29 is 4.79 Å². The number of benzene rings is 2. The van der Waals surface area contributed by atoms with Gasteiger partial charge in [-0.2, -0.15) is 0 Å². The summed E-state index contributed by atoms with van der Waals surface area (Å²) in [6.07, 6.45) is 0.0474. The molecule has 0 unspecified atom stereocenters. The van der Waals surface area contributed by atoms with Gasteiger partial charge < -0.3 is 10.3 Å². The van der Waals surface area contributed by atoms with E-state index >= 15 is 0 Å². The topological polar surface area (TPSA) is 74.8 Å². The van der Waals surface area contributed by atoms with Crippen LogP contribution >= 0.6 is 23.4 Å². The van der Waals surface area contributed by atoms with E-state index in [4.69, 9.17) is 11.6 Å². The number of carbonyl (C=O) groups excluding carboxylic acids is 1. The van der Waals surface area contributed by atoms with E-state index in [-0.39, 0.29) is 23.9 Å². The largest absolute Gasteiger partial charge is 0.349 e. The first-order chi connectivity index (χ1) is 13.5. The maximum absolute atomic E-state index is 12.4. The molecule has 3 rings (SSSR count). The lowest BCUT2D eigenvalue weighted by Gasteiger charge is -2.14. The normalized spacial score (nSPS) is 11.8. The number of H-pyrrole nitrogens is 1. The van der Waals surface area contributed by atoms with E-state index in [0.717, 1.165) is 11.1 Å². The molecule has 0 fully saturated rings. The Kier molecular flexibility index (Phi) is 6.90. The van der Waals surface area contributed by atoms with Crippen LogP contribution in [0.25, 0.3) is 0 Å². The number of aromatic amines is 1. The summed E-state index contributed by atoms with van der Waals surface area (Å²) in [5, 5.41) is 4.08. The molecule has 3 aromatic rings. The quantitative estimate of drug-likeness (QED) is 0.451. The summed E-state index contributed by atoms with van der Waals surface area (Å²) in [5.41, 5.74) is 2.21. The van der Waals surface area contributed by atoms with E-state index < -0.39 is 0 Å². The lowest BCUT2D eigenvalue weighted by Crippen LogP contribution is -2.29. The summed E-state index contributed by atoms with van der Waals surface area (Å²) in [6.45, 7) is 1.92. The van der Waals surface area contributed by atoms with E-state index in [0.29, 0.717) is 21.6 Å². The molecule has 1 amide bonds. The predicted molar refractivity (Wildman–Crippen MR) is 113 cm³/mol. The van der Waals surface area contributed by atoms with Gasteiger partial charge in [0.25, 0.3) is 5.56 Å². The Labute approximate surface area is 172 Å². The number of hydrogen-bond donors (Lipinski definition) is 2. The third-order valence-corrected chi connectivity index (χ3v) is 5.24. The molecule has 144 valence electrons. The second kappa shape index (κ2) is 9.57. The Morgan fingerprint density at radius 1 is 1.18 bits per heavy atom. The third-order valence-electron chi connectivity index (χ3n) is 4.06. The maximum Gasteiger partial charge on any atom is 0.251 e. The molecule has 2 aromatic carbocycles. The van der Waals surface area contributed by atoms with Crippen LogP contribution in [0.1, 0.15) is 29.8 Å². The molecule has 28 heavy (non-hydrogen) atoms. The van der Waals surface area contributed by atoms with Crippen LogP contribution in [0.15, 0.2) is 70.6 Å². The first kappa shape index (κ1) is 20.2. The molecule has 5 nitrogen and oxygen atoms in total. The van der Waals surface area contributed by atoms with Crippen molar-refractivity contribution in [2.24, 2.45) is 0 Å². The van der Waals surface area contributed by atoms with Crippen LogP contribution in [0.3, 0.4) is 0 Å². The van der Waals surface area contributed by atoms with Gasteiger partial charge in [0.1, 0.15) is 0 Å². The summed E-state index contributed by atoms with van der Waals surface area (Å²) in [4.78, 5) is 31.4. The number of amides is 1. The highest BCUT2D eigenvalue weighted by molar-refractivity contribution is 7.98. The molecule has 1 heterocycles. The van der Waals surface area contributed by atoms with Gasteiger partial charge in [0.05, 0.1) is 18.2 Å². The van der Waals surface area contributed by atoms with Crippen molar-refractivity contribution in [1.29, 1.82) is 0 Å². The summed E-state index contributed by atoms with van der Waals surface area (Å²) < 4.78 is 0. The van der Waals surface area contributed by atoms with Crippen molar-refractivity contribution in [3.8, 4) is 0 Å². The monoisotopic (exact) mass is 413 g/mol. The number of halogens is 1. The fraction of sp³-hybridized carbons (Fsp3) is 0.190. The highest BCUT2D eigenvalue weighted by Gasteiger charge is 2.12. The highest BCUT2D eigenvalue weighted by Crippen LogP contribution is 2.20. The summed E-state index contributed by atoms with van der Waals surface area (Å²) in [7, 11) is 0. The van der Waals surface area contributed by atoms with Crippen molar-refractivity contribution in [2.75, 3.05) is 0 Å². The third kappa shape index (κ3) is 5.97. The molecule has 1 atom stereocenters. The van der Waals surface area contributed by atoms with Crippen molar-refractivity contribution in [3.63, 3.8) is 0 Å². The standard InChI is InChI=1S/C21H20ClN3O2S/c1-14(16-7-3-2-4-8-16)23-19(26)11-18-12-20(27)25-21(24-18)28-13-15-6-5-9-17(22)10-15/h2-10,12,14H,11,13H2,1H3,(H,23,26)(H,24,25,27)/t14-/m0/s1. The Bertz CT molecular complexity index is 1010. The highest BCUT2D eigenvalue weighted by atomic mass is 35.5. The Morgan fingerprint density at radius 3 is 2.71 bits per heavy atom. The number of aromatic nitrogens is 2. The van der Waals surface area contributed by atoms with Gasteiger partial charge >= 0.3 is 0 Å². The minimum atomic E-state index is -0.275. The van der Waals surface area contributed by atoms with Gasteiger partial charge in [-0.15, -0.1) is 0 Å². The molecular formula is C21H20ClN3O2S. The molecule has 0 aliphatic heterocycles. The van der Waals surface area contributed by atoms with Crippen molar-refractivity contribution >= 4 is 29.3 Å². The minimum absolute atomic E-state index is 0.0474. The van der Waals surface area contributed by atoms with Crippen molar-refractivity contribution in [3.05, 3.63) is 92.9 Å². The van der Waals surface area contributed by atoms with Crippen LogP contribution in [0.4, 0.5) is 0 Å². The fourth-order valence-corrected chi connectivity index (χ4v) is 3.75. The number of hydrogen-bond acceptors (Lipinski definition) is 4. The van der Waals surface area contributed by atoms with Crippen LogP contribution in [0.2, 0.25) is 5.02 Å². The first-order valence-corrected chi connectivity index (χ1v) is 10.2. The predicted octanol–water partition coefficient (Wildman–Crippen LogP) is 4.14. The zero-order chi connectivity index (χ0) is 19.9. The van der Waals surface area contributed by atoms with Crippen LogP contribution < -0.4 is 10.9 Å². The molecule has 0 aliphatic rings. The first-order valence-electron chi connectivity index (χ1n) is 8.81. The van der Waals surface area contributed by atoms with Gasteiger partial charge in [-0.1, -0.05) is 65.8 Å². The molecule has 1 aromatic heterocycles. The molecular weight excluding hydrogens is 394 g/mol. The molecule has 0 bridgehead atoms. The van der Waals surface area contributed by atoms with Gasteiger partial charge in [-0.3, -0.25) is 9.59 Å². The maximum atomic E-state index is 12.4. The molecule has 0 saturated carbocycles. The lowest BCUT2D eigenvalue weighted by atomic mass is 10.1. The van der Waals surface area contributed by atoms with Crippen LogP contribution in [-0.2, 0) is 17.0 Å². The van der Waals surface area contributed by atoms with Gasteiger partial charge in [-0.25, -0.2) is 4.98 Å². The molecule has 0 aliphatic carbocycles. The fourth-order valence-electron chi connectivity index (χ4n) is 2.70. The average Bonchev–Trinajstić information content (AvgIpc) is 2.66. The number of nitrogens with one attached hydrogen (secondary N) is 2. The van der Waals surface area contributed by atoms with Crippen LogP contribution in [-0.4, -0.2) is 15.9 Å². The number of rotatable bonds is 7. The Hall–Kier alpha value is -2.57. The number of nitrogens with zero attached hydrogens (tertiary/aromatic N) is 1. The summed E-state index contributed by atoms with van der Waals surface area (Å²) in [5.74, 6) is 0.435. The van der Waals surface area contributed by atoms with Crippen LogP contribution in [0.5, 0.6) is 0 Å². The van der Waals surface area contributed by atoms with Gasteiger partial charge in [0, 0.05) is 16.8 Å². The van der Waals surface area contributed by atoms with E-state index in [1.54, 1.807) is 0 Å². The lowest BCUT2D eigenvalue weighted by molar-refractivity contribution is -0.121. The van der Waals surface area contributed by atoms with E-state index in [9.17, 15) is 9.59 Å². The number of carbonyl (C=O) groups is 1. The van der Waals surface area contributed by atoms with Gasteiger partial charge in [0.15, 0.2) is 5.16 Å². The zero-order valence-corrected chi connectivity index (χ0v) is 16.9. The molecule has 0 saturated heterocycles. The summed E-state index contributed by atoms with van der Waals surface area (Å²) in [6, 6.07) is 18.5. The van der Waals surface area contributed by atoms with E-state index in [1.165, 1.54) is 17.8 Å². The van der Waals surface area contributed by atoms with Crippen LogP contribution in [0, 0.1) is 0 Å². The molecule has 0 radical (unpaired) electrons. The molecule has 2 N–H and O–H groups in total. The van der Waals surface area contributed by atoms with E-state index in [1.807, 2.05) is 61.5 Å². The SMILES string of the molecule is C[C@H](NC(=O)Cc1cc(=O)[nH]c(SCc2cccc(Cl)c2)n1)c1ccccc1. The van der Waals surface area contributed by atoms with Crippen molar-refractivity contribution in [2.45, 2.75) is 30.3 Å². The molecule has 0 spiro atoms. The second-order valence-corrected chi connectivity index (χ2v) is 7.74. The zero-order valence-electron chi connectivity index (χ0n) is 15.3. The smallest absolute Gasteiger partial charge is 0.251 e. The Balaban J connectivity index is 1.62. The van der Waals surface area contributed by atoms with Gasteiger partial charge in [0.2, 0.25) is 5.91 Å².